The summed E-state index contributed by atoms with van der Waals surface area (Å²) in [6.45, 7) is 4.44. The SMILES string of the molecule is CC(C)CC1CCCC(O)(Cc2cccc(F)c2Cl)C1. The zero-order chi connectivity index (χ0) is 14.8. The fourth-order valence-electron chi connectivity index (χ4n) is 3.53. The Kier molecular flexibility index (Phi) is 5.09. The van der Waals surface area contributed by atoms with E-state index in [-0.39, 0.29) is 5.02 Å². The molecule has 112 valence electrons. The molecule has 20 heavy (non-hydrogen) atoms. The van der Waals surface area contributed by atoms with Crippen molar-refractivity contribution in [3.63, 3.8) is 0 Å². The van der Waals surface area contributed by atoms with E-state index >= 15 is 0 Å². The molecule has 2 rings (SSSR count). The Morgan fingerprint density at radius 1 is 1.45 bits per heavy atom. The lowest BCUT2D eigenvalue weighted by atomic mass is 9.73. The maximum absolute atomic E-state index is 13.5. The van der Waals surface area contributed by atoms with Crippen molar-refractivity contribution in [2.24, 2.45) is 11.8 Å². The number of benzene rings is 1. The predicted octanol–water partition coefficient (Wildman–Crippen LogP) is 4.99. The molecule has 1 aromatic carbocycles. The quantitative estimate of drug-likeness (QED) is 0.830. The molecule has 1 nitrogen and oxygen atoms in total. The van der Waals surface area contributed by atoms with E-state index in [1.165, 1.54) is 12.5 Å². The summed E-state index contributed by atoms with van der Waals surface area (Å²) in [5.41, 5.74) is -0.00531. The molecule has 1 saturated carbocycles. The van der Waals surface area contributed by atoms with Crippen molar-refractivity contribution >= 4 is 11.6 Å². The average Bonchev–Trinajstić information content (AvgIpc) is 2.34. The smallest absolute Gasteiger partial charge is 0.142 e. The highest BCUT2D eigenvalue weighted by molar-refractivity contribution is 6.31. The maximum Gasteiger partial charge on any atom is 0.142 e. The van der Waals surface area contributed by atoms with E-state index < -0.39 is 11.4 Å². The van der Waals surface area contributed by atoms with Gasteiger partial charge < -0.3 is 5.11 Å². The van der Waals surface area contributed by atoms with Gasteiger partial charge in [0.25, 0.3) is 0 Å². The van der Waals surface area contributed by atoms with Gasteiger partial charge in [0.2, 0.25) is 0 Å². The first-order valence-corrected chi connectivity index (χ1v) is 7.93. The Morgan fingerprint density at radius 3 is 2.90 bits per heavy atom. The molecule has 3 heteroatoms. The van der Waals surface area contributed by atoms with Crippen LogP contribution < -0.4 is 0 Å². The third-order valence-corrected chi connectivity index (χ3v) is 4.70. The molecule has 0 saturated heterocycles. The van der Waals surface area contributed by atoms with Gasteiger partial charge in [-0.25, -0.2) is 4.39 Å². The summed E-state index contributed by atoms with van der Waals surface area (Å²) < 4.78 is 13.5. The monoisotopic (exact) mass is 298 g/mol. The third-order valence-electron chi connectivity index (χ3n) is 4.28. The molecule has 1 aliphatic rings. The van der Waals surface area contributed by atoms with Gasteiger partial charge in [0, 0.05) is 6.42 Å². The van der Waals surface area contributed by atoms with Crippen LogP contribution in [0.4, 0.5) is 4.39 Å². The minimum atomic E-state index is -0.727. The average molecular weight is 299 g/mol. The minimum Gasteiger partial charge on any atom is -0.390 e. The Balaban J connectivity index is 2.08. The minimum absolute atomic E-state index is 0.159. The second-order valence-corrected chi connectivity index (χ2v) is 7.08. The summed E-state index contributed by atoms with van der Waals surface area (Å²) in [6, 6.07) is 4.84. The number of halogens is 2. The van der Waals surface area contributed by atoms with Crippen molar-refractivity contribution in [1.29, 1.82) is 0 Å². The lowest BCUT2D eigenvalue weighted by Gasteiger charge is -2.38. The standard InChI is InChI=1S/C17H24ClFO/c1-12(2)9-13-5-4-8-17(20,10-13)11-14-6-3-7-15(19)16(14)18/h3,6-7,12-13,20H,4-5,8-11H2,1-2H3. The molecule has 1 fully saturated rings. The lowest BCUT2D eigenvalue weighted by Crippen LogP contribution is -2.37. The molecule has 1 aliphatic carbocycles. The van der Waals surface area contributed by atoms with Crippen molar-refractivity contribution in [3.8, 4) is 0 Å². The number of aliphatic hydroxyl groups is 1. The van der Waals surface area contributed by atoms with E-state index in [0.29, 0.717) is 18.3 Å². The van der Waals surface area contributed by atoms with Gasteiger partial charge in [-0.1, -0.05) is 50.4 Å². The number of rotatable bonds is 4. The van der Waals surface area contributed by atoms with Crippen molar-refractivity contribution in [2.45, 2.75) is 58.0 Å². The van der Waals surface area contributed by atoms with Crippen LogP contribution in [0.3, 0.4) is 0 Å². The molecule has 0 radical (unpaired) electrons. The summed E-state index contributed by atoms with van der Waals surface area (Å²) in [5.74, 6) is 0.823. The predicted molar refractivity (Wildman–Crippen MR) is 81.5 cm³/mol. The summed E-state index contributed by atoms with van der Waals surface area (Å²) in [5, 5.41) is 11.0. The largest absolute Gasteiger partial charge is 0.390 e. The normalized spacial score (nSPS) is 27.0. The summed E-state index contributed by atoms with van der Waals surface area (Å²) >= 11 is 6.01. The van der Waals surface area contributed by atoms with E-state index in [2.05, 4.69) is 13.8 Å². The molecule has 0 aromatic heterocycles. The van der Waals surface area contributed by atoms with Gasteiger partial charge >= 0.3 is 0 Å². The fourth-order valence-corrected chi connectivity index (χ4v) is 3.72. The highest BCUT2D eigenvalue weighted by Gasteiger charge is 2.35. The molecule has 0 bridgehead atoms. The van der Waals surface area contributed by atoms with E-state index in [1.54, 1.807) is 6.07 Å². The van der Waals surface area contributed by atoms with Crippen molar-refractivity contribution in [2.75, 3.05) is 0 Å². The molecular weight excluding hydrogens is 275 g/mol. The number of hydrogen-bond acceptors (Lipinski definition) is 1. The molecule has 1 N–H and O–H groups in total. The zero-order valence-electron chi connectivity index (χ0n) is 12.3. The van der Waals surface area contributed by atoms with E-state index in [9.17, 15) is 9.50 Å². The molecule has 0 aliphatic heterocycles. The van der Waals surface area contributed by atoms with Gasteiger partial charge in [0.15, 0.2) is 0 Å². The molecule has 0 amide bonds. The van der Waals surface area contributed by atoms with Crippen LogP contribution in [0.15, 0.2) is 18.2 Å². The second-order valence-electron chi connectivity index (χ2n) is 6.71. The first kappa shape index (κ1) is 15.8. The molecule has 2 atom stereocenters. The summed E-state index contributed by atoms with van der Waals surface area (Å²) in [6.07, 6.45) is 5.43. The molecule has 0 spiro atoms. The summed E-state index contributed by atoms with van der Waals surface area (Å²) in [7, 11) is 0. The zero-order valence-corrected chi connectivity index (χ0v) is 13.1. The highest BCUT2D eigenvalue weighted by Crippen LogP contribution is 2.38. The first-order valence-electron chi connectivity index (χ1n) is 7.55. The molecule has 1 aromatic rings. The Hall–Kier alpha value is -0.600. The van der Waals surface area contributed by atoms with E-state index in [0.717, 1.165) is 31.2 Å². The van der Waals surface area contributed by atoms with Crippen LogP contribution in [-0.2, 0) is 6.42 Å². The maximum atomic E-state index is 13.5. The van der Waals surface area contributed by atoms with Crippen LogP contribution in [0.1, 0.15) is 51.5 Å². The fraction of sp³-hybridized carbons (Fsp3) is 0.647. The van der Waals surface area contributed by atoms with Gasteiger partial charge in [0.05, 0.1) is 10.6 Å². The molecular formula is C17H24ClFO. The number of hydrogen-bond donors (Lipinski definition) is 1. The van der Waals surface area contributed by atoms with Crippen molar-refractivity contribution in [1.82, 2.24) is 0 Å². The Labute approximate surface area is 126 Å². The first-order chi connectivity index (χ1) is 9.39. The van der Waals surface area contributed by atoms with Crippen molar-refractivity contribution < 1.29 is 9.50 Å². The topological polar surface area (TPSA) is 20.2 Å². The Bertz CT molecular complexity index is 460. The van der Waals surface area contributed by atoms with Crippen molar-refractivity contribution in [3.05, 3.63) is 34.6 Å². The van der Waals surface area contributed by atoms with Crippen LogP contribution >= 0.6 is 11.6 Å². The van der Waals surface area contributed by atoms with Crippen LogP contribution in [0.25, 0.3) is 0 Å². The van der Waals surface area contributed by atoms with Crippen LogP contribution in [0, 0.1) is 17.7 Å². The lowest BCUT2D eigenvalue weighted by molar-refractivity contribution is -0.0189. The van der Waals surface area contributed by atoms with Gasteiger partial charge in [-0.05, 0) is 42.7 Å². The second kappa shape index (κ2) is 6.44. The summed E-state index contributed by atoms with van der Waals surface area (Å²) in [4.78, 5) is 0. The van der Waals surface area contributed by atoms with Gasteiger partial charge in [-0.2, -0.15) is 0 Å². The van der Waals surface area contributed by atoms with Crippen LogP contribution in [0.2, 0.25) is 5.02 Å². The van der Waals surface area contributed by atoms with Crippen LogP contribution in [0.5, 0.6) is 0 Å². The van der Waals surface area contributed by atoms with Crippen LogP contribution in [-0.4, -0.2) is 10.7 Å². The third kappa shape index (κ3) is 3.95. The van der Waals surface area contributed by atoms with Gasteiger partial charge in [0.1, 0.15) is 5.82 Å². The van der Waals surface area contributed by atoms with E-state index in [1.807, 2.05) is 6.07 Å². The van der Waals surface area contributed by atoms with Gasteiger partial charge in [-0.15, -0.1) is 0 Å². The van der Waals surface area contributed by atoms with E-state index in [4.69, 9.17) is 11.6 Å². The molecule has 2 unspecified atom stereocenters. The Morgan fingerprint density at radius 2 is 2.20 bits per heavy atom. The van der Waals surface area contributed by atoms with Gasteiger partial charge in [-0.3, -0.25) is 0 Å². The molecule has 0 heterocycles. The highest BCUT2D eigenvalue weighted by atomic mass is 35.5.